The summed E-state index contributed by atoms with van der Waals surface area (Å²) in [5.74, 6) is -2.10. The molecule has 618 valence electrons. The molecule has 0 radical (unpaired) electrons. The van der Waals surface area contributed by atoms with E-state index >= 15 is 0 Å². The molecule has 104 heavy (non-hydrogen) atoms. The highest BCUT2D eigenvalue weighted by Crippen LogP contribution is 2.45. The molecule has 0 saturated carbocycles. The highest BCUT2D eigenvalue weighted by atomic mass is 31.2. The van der Waals surface area contributed by atoms with Crippen LogP contribution in [0.2, 0.25) is 0 Å². The van der Waals surface area contributed by atoms with Gasteiger partial charge >= 0.3 is 39.5 Å². The quantitative estimate of drug-likeness (QED) is 0.0222. The highest BCUT2D eigenvalue weighted by Gasteiger charge is 2.30. The number of phosphoric acid groups is 2. The summed E-state index contributed by atoms with van der Waals surface area (Å²) in [4.78, 5) is 73.0. The van der Waals surface area contributed by atoms with Gasteiger partial charge in [0.25, 0.3) is 0 Å². The van der Waals surface area contributed by atoms with Crippen molar-refractivity contribution in [2.75, 3.05) is 39.6 Å². The topological polar surface area (TPSA) is 237 Å². The van der Waals surface area contributed by atoms with Crippen molar-refractivity contribution < 1.29 is 80.2 Å². The lowest BCUT2D eigenvalue weighted by Gasteiger charge is -2.21. The van der Waals surface area contributed by atoms with Crippen molar-refractivity contribution in [3.05, 3.63) is 0 Å². The van der Waals surface area contributed by atoms with Crippen molar-refractivity contribution in [3.63, 3.8) is 0 Å². The second-order valence-corrected chi connectivity index (χ2v) is 33.5. The monoisotopic (exact) mass is 1520 g/mol. The Kier molecular flexibility index (Phi) is 77.7. The fourth-order valence-corrected chi connectivity index (χ4v) is 14.9. The molecule has 0 aromatic heterocycles. The van der Waals surface area contributed by atoms with Crippen LogP contribution in [0, 0.1) is 0 Å². The summed E-state index contributed by atoms with van der Waals surface area (Å²) < 4.78 is 68.7. The predicted molar refractivity (Wildman–Crippen MR) is 428 cm³/mol. The van der Waals surface area contributed by atoms with Crippen molar-refractivity contribution in [1.29, 1.82) is 0 Å². The third-order valence-electron chi connectivity index (χ3n) is 20.1. The Labute approximate surface area is 638 Å². The van der Waals surface area contributed by atoms with E-state index in [-0.39, 0.29) is 25.7 Å². The Morgan fingerprint density at radius 1 is 0.231 bits per heavy atom. The lowest BCUT2D eigenvalue weighted by molar-refractivity contribution is -0.161. The average molecular weight is 1520 g/mol. The number of rotatable bonds is 86. The number of aliphatic hydroxyl groups is 1. The van der Waals surface area contributed by atoms with Crippen LogP contribution in [0.4, 0.5) is 0 Å². The molecule has 17 nitrogen and oxygen atoms in total. The number of phosphoric ester groups is 2. The summed E-state index contributed by atoms with van der Waals surface area (Å²) >= 11 is 0. The summed E-state index contributed by atoms with van der Waals surface area (Å²) in [7, 11) is -9.92. The largest absolute Gasteiger partial charge is 0.472 e. The normalized spacial score (nSPS) is 13.7. The number of hydrogen-bond donors (Lipinski definition) is 3. The molecule has 0 fully saturated rings. The van der Waals surface area contributed by atoms with E-state index in [9.17, 15) is 43.2 Å². The molecule has 0 saturated heterocycles. The molecule has 0 bridgehead atoms. The maximum absolute atomic E-state index is 13.1. The minimum absolute atomic E-state index is 0.109. The van der Waals surface area contributed by atoms with Crippen molar-refractivity contribution in [1.82, 2.24) is 0 Å². The van der Waals surface area contributed by atoms with Gasteiger partial charge in [0.2, 0.25) is 0 Å². The molecule has 0 aliphatic heterocycles. The molecule has 2 unspecified atom stereocenters. The SMILES string of the molecule is CCCCCCCCCCCCCCCCCCCCCCC(=O)OC[C@H](COP(=O)(O)OC[C@@H](O)COP(=O)(O)OC[C@@H](COC(=O)CCCCCCCCC)OC(=O)CCCCCCCCCCCCCCCCCCC)OC(=O)CCCCCCCCCCCCCCCCCCCCCC. The van der Waals surface area contributed by atoms with Gasteiger partial charge in [0.05, 0.1) is 26.4 Å². The molecule has 0 aromatic carbocycles. The van der Waals surface area contributed by atoms with Gasteiger partial charge in [0, 0.05) is 25.7 Å². The minimum atomic E-state index is -4.96. The van der Waals surface area contributed by atoms with E-state index in [1.54, 1.807) is 0 Å². The molecule has 0 rings (SSSR count). The van der Waals surface area contributed by atoms with Crippen LogP contribution in [0.15, 0.2) is 0 Å². The lowest BCUT2D eigenvalue weighted by Crippen LogP contribution is -2.30. The van der Waals surface area contributed by atoms with Gasteiger partial charge in [-0.15, -0.1) is 0 Å². The first-order valence-corrected chi connectivity index (χ1v) is 47.3. The van der Waals surface area contributed by atoms with Gasteiger partial charge in [-0.25, -0.2) is 9.13 Å². The van der Waals surface area contributed by atoms with Crippen LogP contribution >= 0.6 is 15.6 Å². The van der Waals surface area contributed by atoms with E-state index in [0.29, 0.717) is 25.7 Å². The third-order valence-corrected chi connectivity index (χ3v) is 22.0. The molecule has 3 N–H and O–H groups in total. The van der Waals surface area contributed by atoms with E-state index in [4.69, 9.17) is 37.0 Å². The number of carbonyl (C=O) groups is 4. The second kappa shape index (κ2) is 79.2. The fourth-order valence-electron chi connectivity index (χ4n) is 13.3. The van der Waals surface area contributed by atoms with Crippen LogP contribution < -0.4 is 0 Å². The highest BCUT2D eigenvalue weighted by molar-refractivity contribution is 7.47. The zero-order chi connectivity index (χ0) is 76.0. The minimum Gasteiger partial charge on any atom is -0.462 e. The third kappa shape index (κ3) is 78.2. The molecule has 5 atom stereocenters. The molecule has 0 amide bonds. The van der Waals surface area contributed by atoms with Gasteiger partial charge in [-0.05, 0) is 25.7 Å². The number of hydrogen-bond acceptors (Lipinski definition) is 15. The first-order chi connectivity index (χ1) is 50.7. The Morgan fingerprint density at radius 2 is 0.385 bits per heavy atom. The Hall–Kier alpha value is -1.94. The number of ether oxygens (including phenoxy) is 4. The smallest absolute Gasteiger partial charge is 0.462 e. The number of unbranched alkanes of at least 4 members (excludes halogenated alkanes) is 60. The number of esters is 4. The van der Waals surface area contributed by atoms with Crippen LogP contribution in [-0.2, 0) is 65.4 Å². The molecule has 0 aliphatic rings. The number of aliphatic hydroxyl groups excluding tert-OH is 1. The van der Waals surface area contributed by atoms with Crippen molar-refractivity contribution in [3.8, 4) is 0 Å². The zero-order valence-electron chi connectivity index (χ0n) is 68.0. The standard InChI is InChI=1S/C85H166O17P2/c1-5-9-13-17-21-24-27-30-33-36-38-40-43-45-48-51-54-58-62-66-70-83(88)96-76-81(102-85(90)72-68-64-60-56-53-50-47-44-41-39-37-34-31-28-25-22-18-14-10-6-2)78-100-104(93,94)98-74-79(86)73-97-103(91,92)99-77-80(75-95-82(87)69-65-61-57-20-16-12-8-4)101-84(89)71-67-63-59-55-52-49-46-42-35-32-29-26-23-19-15-11-7-3/h79-81,86H,5-78H2,1-4H3,(H,91,92)(H,93,94)/t79-,80+,81+/m0/s1. The van der Waals surface area contributed by atoms with Gasteiger partial charge in [-0.2, -0.15) is 0 Å². The molecular formula is C85H166O17P2. The van der Waals surface area contributed by atoms with Crippen LogP contribution in [0.1, 0.15) is 464 Å². The van der Waals surface area contributed by atoms with Crippen molar-refractivity contribution in [2.45, 2.75) is 483 Å². The maximum atomic E-state index is 13.1. The van der Waals surface area contributed by atoms with E-state index in [2.05, 4.69) is 27.7 Å². The van der Waals surface area contributed by atoms with Crippen LogP contribution in [0.3, 0.4) is 0 Å². The van der Waals surface area contributed by atoms with Gasteiger partial charge in [0.15, 0.2) is 12.2 Å². The van der Waals surface area contributed by atoms with Crippen molar-refractivity contribution >= 4 is 39.5 Å². The molecular weight excluding hydrogens is 1350 g/mol. The fraction of sp³-hybridized carbons (Fsp3) is 0.953. The first kappa shape index (κ1) is 102. The van der Waals surface area contributed by atoms with Crippen LogP contribution in [-0.4, -0.2) is 96.7 Å². The summed E-state index contributed by atoms with van der Waals surface area (Å²) in [6.45, 7) is 5.01. The summed E-state index contributed by atoms with van der Waals surface area (Å²) in [6.07, 6.45) is 73.9. The van der Waals surface area contributed by atoms with E-state index in [1.807, 2.05) is 0 Å². The molecule has 0 spiro atoms. The van der Waals surface area contributed by atoms with Crippen molar-refractivity contribution in [2.24, 2.45) is 0 Å². The zero-order valence-corrected chi connectivity index (χ0v) is 69.8. The molecule has 19 heteroatoms. The second-order valence-electron chi connectivity index (χ2n) is 30.6. The van der Waals surface area contributed by atoms with E-state index < -0.39 is 97.5 Å². The number of carbonyl (C=O) groups excluding carboxylic acids is 4. The van der Waals surface area contributed by atoms with Gasteiger partial charge < -0.3 is 33.8 Å². The van der Waals surface area contributed by atoms with Gasteiger partial charge in [0.1, 0.15) is 19.3 Å². The maximum Gasteiger partial charge on any atom is 0.472 e. The van der Waals surface area contributed by atoms with Gasteiger partial charge in [-0.1, -0.05) is 413 Å². The first-order valence-electron chi connectivity index (χ1n) is 44.3. The molecule has 0 heterocycles. The van der Waals surface area contributed by atoms with Gasteiger partial charge in [-0.3, -0.25) is 37.3 Å². The van der Waals surface area contributed by atoms with E-state index in [1.165, 1.54) is 283 Å². The Balaban J connectivity index is 5.16. The Bertz CT molecular complexity index is 1960. The summed E-state index contributed by atoms with van der Waals surface area (Å²) in [5, 5.41) is 10.6. The lowest BCUT2D eigenvalue weighted by atomic mass is 10.0. The molecule has 0 aliphatic carbocycles. The predicted octanol–water partition coefficient (Wildman–Crippen LogP) is 26.1. The van der Waals surface area contributed by atoms with E-state index in [0.717, 1.165) is 103 Å². The van der Waals surface area contributed by atoms with Crippen LogP contribution in [0.25, 0.3) is 0 Å². The molecule has 0 aromatic rings. The summed E-state index contributed by atoms with van der Waals surface area (Å²) in [6, 6.07) is 0. The average Bonchev–Trinajstić information content (AvgIpc) is 0.932. The summed E-state index contributed by atoms with van der Waals surface area (Å²) in [5.41, 5.74) is 0. The van der Waals surface area contributed by atoms with Crippen LogP contribution in [0.5, 0.6) is 0 Å². The Morgan fingerprint density at radius 3 is 0.567 bits per heavy atom.